The van der Waals surface area contributed by atoms with Crippen molar-refractivity contribution in [2.45, 2.75) is 25.7 Å². The number of piperidine rings is 1. The van der Waals surface area contributed by atoms with Crippen LogP contribution in [0.2, 0.25) is 0 Å². The Hall–Kier alpha value is -2.10. The van der Waals surface area contributed by atoms with Gasteiger partial charge in [-0.05, 0) is 61.4 Å². The van der Waals surface area contributed by atoms with E-state index in [0.29, 0.717) is 11.7 Å². The third kappa shape index (κ3) is 3.56. The van der Waals surface area contributed by atoms with Gasteiger partial charge in [-0.15, -0.1) is 0 Å². The van der Waals surface area contributed by atoms with Crippen LogP contribution < -0.4 is 0 Å². The van der Waals surface area contributed by atoms with Gasteiger partial charge in [0.25, 0.3) is 5.91 Å². The van der Waals surface area contributed by atoms with E-state index in [-0.39, 0.29) is 11.7 Å². The largest absolute Gasteiger partial charge is 0.459 e. The number of rotatable bonds is 4. The van der Waals surface area contributed by atoms with Crippen molar-refractivity contribution in [3.05, 3.63) is 59.8 Å². The SMILES string of the molecule is O=C(c1ccco1)N1CCC[C@@H](CCc2cccc(F)c2)C1. The fourth-order valence-electron chi connectivity index (χ4n) is 3.10. The van der Waals surface area contributed by atoms with Crippen LogP contribution >= 0.6 is 0 Å². The van der Waals surface area contributed by atoms with Crippen LogP contribution in [0.15, 0.2) is 47.1 Å². The number of likely N-dealkylation sites (tertiary alicyclic amines) is 1. The second-order valence-corrected chi connectivity index (χ2v) is 5.91. The van der Waals surface area contributed by atoms with E-state index >= 15 is 0 Å². The summed E-state index contributed by atoms with van der Waals surface area (Å²) in [5, 5.41) is 0. The summed E-state index contributed by atoms with van der Waals surface area (Å²) in [6.07, 6.45) is 5.49. The van der Waals surface area contributed by atoms with Crippen molar-refractivity contribution in [3.63, 3.8) is 0 Å². The number of furan rings is 1. The van der Waals surface area contributed by atoms with Crippen molar-refractivity contribution in [3.8, 4) is 0 Å². The van der Waals surface area contributed by atoms with Gasteiger partial charge in [0.2, 0.25) is 0 Å². The molecule has 1 aromatic carbocycles. The zero-order chi connectivity index (χ0) is 15.4. The van der Waals surface area contributed by atoms with Gasteiger partial charge >= 0.3 is 0 Å². The molecule has 0 N–H and O–H groups in total. The molecule has 0 radical (unpaired) electrons. The Kier molecular flexibility index (Phi) is 4.56. The number of benzene rings is 1. The Labute approximate surface area is 129 Å². The molecule has 0 bridgehead atoms. The van der Waals surface area contributed by atoms with Crippen molar-refractivity contribution < 1.29 is 13.6 Å². The molecule has 0 spiro atoms. The first-order valence-corrected chi connectivity index (χ1v) is 7.79. The smallest absolute Gasteiger partial charge is 0.289 e. The van der Waals surface area contributed by atoms with E-state index in [1.165, 1.54) is 12.3 Å². The van der Waals surface area contributed by atoms with Crippen LogP contribution in [0.5, 0.6) is 0 Å². The Morgan fingerprint density at radius 3 is 3.00 bits per heavy atom. The number of hydrogen-bond donors (Lipinski definition) is 0. The van der Waals surface area contributed by atoms with Crippen LogP contribution in [0.3, 0.4) is 0 Å². The molecule has 22 heavy (non-hydrogen) atoms. The molecule has 1 aliphatic rings. The topological polar surface area (TPSA) is 33.5 Å². The molecule has 2 aromatic rings. The van der Waals surface area contributed by atoms with E-state index in [1.807, 2.05) is 11.0 Å². The van der Waals surface area contributed by atoms with Gasteiger partial charge in [0.15, 0.2) is 5.76 Å². The van der Waals surface area contributed by atoms with Crippen molar-refractivity contribution in [2.75, 3.05) is 13.1 Å². The minimum atomic E-state index is -0.184. The lowest BCUT2D eigenvalue weighted by molar-refractivity contribution is 0.0636. The van der Waals surface area contributed by atoms with Gasteiger partial charge in [0.1, 0.15) is 5.82 Å². The number of halogens is 1. The minimum absolute atomic E-state index is 0.0274. The first kappa shape index (κ1) is 14.8. The van der Waals surface area contributed by atoms with E-state index in [1.54, 1.807) is 24.3 Å². The van der Waals surface area contributed by atoms with E-state index in [4.69, 9.17) is 4.42 Å². The third-order valence-corrected chi connectivity index (χ3v) is 4.27. The lowest BCUT2D eigenvalue weighted by Crippen LogP contribution is -2.39. The zero-order valence-electron chi connectivity index (χ0n) is 12.5. The fraction of sp³-hybridized carbons (Fsp3) is 0.389. The maximum absolute atomic E-state index is 13.2. The van der Waals surface area contributed by atoms with Crippen LogP contribution in [0, 0.1) is 11.7 Å². The molecule has 3 rings (SSSR count). The molecule has 2 heterocycles. The van der Waals surface area contributed by atoms with E-state index in [9.17, 15) is 9.18 Å². The lowest BCUT2D eigenvalue weighted by Gasteiger charge is -2.32. The van der Waals surface area contributed by atoms with Gasteiger partial charge in [-0.25, -0.2) is 4.39 Å². The molecule has 0 aliphatic carbocycles. The molecule has 116 valence electrons. The fourth-order valence-corrected chi connectivity index (χ4v) is 3.10. The molecular weight excluding hydrogens is 281 g/mol. The summed E-state index contributed by atoms with van der Waals surface area (Å²) in [5.41, 5.74) is 1.02. The predicted molar refractivity (Wildman–Crippen MR) is 82.1 cm³/mol. The molecular formula is C18H20FNO2. The Bertz CT molecular complexity index is 624. The highest BCUT2D eigenvalue weighted by molar-refractivity contribution is 5.91. The predicted octanol–water partition coefficient (Wildman–Crippen LogP) is 3.90. The number of amides is 1. The molecule has 1 fully saturated rings. The van der Waals surface area contributed by atoms with Crippen molar-refractivity contribution in [1.82, 2.24) is 4.90 Å². The van der Waals surface area contributed by atoms with Crippen LogP contribution in [-0.2, 0) is 6.42 Å². The van der Waals surface area contributed by atoms with Crippen LogP contribution in [0.25, 0.3) is 0 Å². The Morgan fingerprint density at radius 1 is 1.32 bits per heavy atom. The van der Waals surface area contributed by atoms with Crippen molar-refractivity contribution >= 4 is 5.91 Å². The molecule has 1 atom stereocenters. The van der Waals surface area contributed by atoms with Gasteiger partial charge in [0, 0.05) is 13.1 Å². The number of aryl methyl sites for hydroxylation is 1. The highest BCUT2D eigenvalue weighted by atomic mass is 19.1. The Balaban J connectivity index is 1.55. The number of nitrogens with zero attached hydrogens (tertiary/aromatic N) is 1. The summed E-state index contributed by atoms with van der Waals surface area (Å²) in [6, 6.07) is 10.2. The molecule has 3 nitrogen and oxygen atoms in total. The number of carbonyl (C=O) groups excluding carboxylic acids is 1. The molecule has 1 aliphatic heterocycles. The van der Waals surface area contributed by atoms with Crippen LogP contribution in [-0.4, -0.2) is 23.9 Å². The summed E-state index contributed by atoms with van der Waals surface area (Å²) < 4.78 is 18.4. The van der Waals surface area contributed by atoms with Gasteiger partial charge < -0.3 is 9.32 Å². The molecule has 1 amide bonds. The summed E-state index contributed by atoms with van der Waals surface area (Å²) in [5.74, 6) is 0.665. The van der Waals surface area contributed by atoms with E-state index < -0.39 is 0 Å². The summed E-state index contributed by atoms with van der Waals surface area (Å²) in [7, 11) is 0. The first-order chi connectivity index (χ1) is 10.7. The second kappa shape index (κ2) is 6.77. The van der Waals surface area contributed by atoms with Crippen molar-refractivity contribution in [2.24, 2.45) is 5.92 Å². The highest BCUT2D eigenvalue weighted by Crippen LogP contribution is 2.23. The molecule has 1 aromatic heterocycles. The zero-order valence-corrected chi connectivity index (χ0v) is 12.5. The second-order valence-electron chi connectivity index (χ2n) is 5.91. The van der Waals surface area contributed by atoms with Gasteiger partial charge in [-0.3, -0.25) is 4.79 Å². The van der Waals surface area contributed by atoms with E-state index in [0.717, 1.165) is 44.3 Å². The van der Waals surface area contributed by atoms with E-state index in [2.05, 4.69) is 0 Å². The summed E-state index contributed by atoms with van der Waals surface area (Å²) >= 11 is 0. The average molecular weight is 301 g/mol. The molecule has 4 heteroatoms. The minimum Gasteiger partial charge on any atom is -0.459 e. The first-order valence-electron chi connectivity index (χ1n) is 7.79. The maximum atomic E-state index is 13.2. The number of hydrogen-bond acceptors (Lipinski definition) is 2. The molecule has 0 unspecified atom stereocenters. The molecule has 0 saturated carbocycles. The average Bonchev–Trinajstić information content (AvgIpc) is 3.07. The van der Waals surface area contributed by atoms with Gasteiger partial charge in [0.05, 0.1) is 6.26 Å². The van der Waals surface area contributed by atoms with Crippen LogP contribution in [0.1, 0.15) is 35.4 Å². The normalized spacial score (nSPS) is 18.4. The van der Waals surface area contributed by atoms with Gasteiger partial charge in [-0.1, -0.05) is 12.1 Å². The summed E-state index contributed by atoms with van der Waals surface area (Å²) in [6.45, 7) is 1.55. The molecule has 1 saturated heterocycles. The Morgan fingerprint density at radius 2 is 2.23 bits per heavy atom. The lowest BCUT2D eigenvalue weighted by atomic mass is 9.91. The maximum Gasteiger partial charge on any atom is 0.289 e. The summed E-state index contributed by atoms with van der Waals surface area (Å²) in [4.78, 5) is 14.2. The van der Waals surface area contributed by atoms with Crippen LogP contribution in [0.4, 0.5) is 4.39 Å². The third-order valence-electron chi connectivity index (χ3n) is 4.27. The standard InChI is InChI=1S/C18H20FNO2/c19-16-6-1-4-14(12-16)8-9-15-5-2-10-20(13-15)18(21)17-7-3-11-22-17/h1,3-4,6-7,11-12,15H,2,5,8-10,13H2/t15-/m0/s1. The monoisotopic (exact) mass is 301 g/mol. The quantitative estimate of drug-likeness (QED) is 0.858. The number of carbonyl (C=O) groups is 1. The van der Waals surface area contributed by atoms with Gasteiger partial charge in [-0.2, -0.15) is 0 Å². The highest BCUT2D eigenvalue weighted by Gasteiger charge is 2.25. The van der Waals surface area contributed by atoms with Crippen molar-refractivity contribution in [1.29, 1.82) is 0 Å².